The molecule has 7 nitrogen and oxygen atoms in total. The van der Waals surface area contributed by atoms with Crippen molar-refractivity contribution in [1.29, 1.82) is 0 Å². The van der Waals surface area contributed by atoms with Crippen LogP contribution in [0.3, 0.4) is 0 Å². The van der Waals surface area contributed by atoms with Crippen molar-refractivity contribution in [3.05, 3.63) is 18.6 Å². The molecular weight excluding hydrogens is 280 g/mol. The smallest absolute Gasteiger partial charge is 0.327 e. The van der Waals surface area contributed by atoms with E-state index >= 15 is 0 Å². The summed E-state index contributed by atoms with van der Waals surface area (Å²) in [5.74, 6) is -1.25. The minimum Gasteiger partial charge on any atom is -0.480 e. The lowest BCUT2D eigenvalue weighted by Crippen LogP contribution is -2.41. The number of imidazole rings is 1. The molecule has 0 aliphatic heterocycles. The maximum Gasteiger partial charge on any atom is 0.327 e. The minimum absolute atomic E-state index is 0.192. The Kier molecular flexibility index (Phi) is 4.23. The first-order chi connectivity index (χ1) is 9.49. The second kappa shape index (κ2) is 5.91. The number of carboxylic acids is 1. The van der Waals surface area contributed by atoms with Gasteiger partial charge in [-0.05, 0) is 6.07 Å². The molecule has 20 heavy (non-hydrogen) atoms. The summed E-state index contributed by atoms with van der Waals surface area (Å²) in [7, 11) is 1.88. The van der Waals surface area contributed by atoms with Gasteiger partial charge in [-0.3, -0.25) is 4.79 Å². The Morgan fingerprint density at radius 3 is 2.90 bits per heavy atom. The third-order valence-corrected chi connectivity index (χ3v) is 3.74. The highest BCUT2D eigenvalue weighted by Crippen LogP contribution is 2.24. The van der Waals surface area contributed by atoms with Crippen molar-refractivity contribution < 1.29 is 14.7 Å². The standard InChI is InChI=1S/C12H14N4O3S/c1-7(17)15-8(12(18)19)5-20-11-10-9(3-4-13-11)16(2)6-14-10/h3-4,6,8H,5H2,1-2H3,(H,15,17)(H,18,19). The minimum atomic E-state index is -1.07. The molecule has 2 N–H and O–H groups in total. The first-order valence-corrected chi connectivity index (χ1v) is 6.86. The largest absolute Gasteiger partial charge is 0.480 e. The van der Waals surface area contributed by atoms with Crippen LogP contribution in [-0.2, 0) is 16.6 Å². The molecule has 0 aliphatic rings. The van der Waals surface area contributed by atoms with Crippen LogP contribution in [0.5, 0.6) is 0 Å². The molecule has 2 heterocycles. The van der Waals surface area contributed by atoms with Crippen molar-refractivity contribution in [2.75, 3.05) is 5.75 Å². The second-order valence-electron chi connectivity index (χ2n) is 4.24. The zero-order chi connectivity index (χ0) is 14.7. The number of carboxylic acid groups (broad SMARTS) is 1. The third-order valence-electron chi connectivity index (χ3n) is 2.67. The quantitative estimate of drug-likeness (QED) is 0.786. The zero-order valence-corrected chi connectivity index (χ0v) is 11.8. The Bertz CT molecular complexity index is 655. The molecule has 2 aromatic heterocycles. The van der Waals surface area contributed by atoms with Crippen LogP contribution in [0.2, 0.25) is 0 Å². The van der Waals surface area contributed by atoms with Gasteiger partial charge in [0.05, 0.1) is 11.8 Å². The lowest BCUT2D eigenvalue weighted by Gasteiger charge is -2.12. The number of carbonyl (C=O) groups is 2. The Balaban J connectivity index is 2.15. The van der Waals surface area contributed by atoms with Crippen LogP contribution in [0.25, 0.3) is 11.0 Å². The number of fused-ring (bicyclic) bond motifs is 1. The summed E-state index contributed by atoms with van der Waals surface area (Å²) < 4.78 is 1.86. The van der Waals surface area contributed by atoms with Crippen molar-refractivity contribution >= 4 is 34.7 Å². The Morgan fingerprint density at radius 1 is 1.50 bits per heavy atom. The first kappa shape index (κ1) is 14.3. The molecule has 2 rings (SSSR count). The van der Waals surface area contributed by atoms with E-state index in [1.54, 1.807) is 12.5 Å². The summed E-state index contributed by atoms with van der Waals surface area (Å²) in [6.07, 6.45) is 3.33. The molecule has 0 spiro atoms. The van der Waals surface area contributed by atoms with E-state index in [4.69, 9.17) is 5.11 Å². The molecular formula is C12H14N4O3S. The molecule has 1 amide bonds. The van der Waals surface area contributed by atoms with Crippen LogP contribution in [0.1, 0.15) is 6.92 Å². The predicted molar refractivity (Wildman–Crippen MR) is 74.5 cm³/mol. The van der Waals surface area contributed by atoms with Gasteiger partial charge in [0, 0.05) is 25.9 Å². The van der Waals surface area contributed by atoms with Gasteiger partial charge in [-0.1, -0.05) is 0 Å². The van der Waals surface area contributed by atoms with Gasteiger partial charge in [0.1, 0.15) is 16.6 Å². The van der Waals surface area contributed by atoms with Crippen molar-refractivity contribution in [1.82, 2.24) is 19.9 Å². The number of hydrogen-bond acceptors (Lipinski definition) is 5. The lowest BCUT2D eigenvalue weighted by atomic mass is 10.3. The average Bonchev–Trinajstić information content (AvgIpc) is 2.76. The first-order valence-electron chi connectivity index (χ1n) is 5.87. The second-order valence-corrected chi connectivity index (χ2v) is 5.25. The van der Waals surface area contributed by atoms with Crippen molar-refractivity contribution in [2.45, 2.75) is 18.0 Å². The fourth-order valence-corrected chi connectivity index (χ4v) is 2.71. The Labute approximate surface area is 119 Å². The lowest BCUT2D eigenvalue weighted by molar-refractivity contribution is -0.140. The predicted octanol–water partition coefficient (Wildman–Crippen LogP) is 0.650. The van der Waals surface area contributed by atoms with Gasteiger partial charge in [-0.25, -0.2) is 14.8 Å². The van der Waals surface area contributed by atoms with Crippen molar-refractivity contribution in [3.63, 3.8) is 0 Å². The highest BCUT2D eigenvalue weighted by molar-refractivity contribution is 7.99. The molecule has 0 fully saturated rings. The SMILES string of the molecule is CC(=O)NC(CSc1nccc2c1ncn2C)C(=O)O. The number of hydrogen-bond donors (Lipinski definition) is 2. The number of nitrogens with zero attached hydrogens (tertiary/aromatic N) is 3. The molecule has 0 saturated carbocycles. The molecule has 8 heteroatoms. The highest BCUT2D eigenvalue weighted by atomic mass is 32.2. The molecule has 0 radical (unpaired) electrons. The zero-order valence-electron chi connectivity index (χ0n) is 11.0. The van der Waals surface area contributed by atoms with E-state index in [1.165, 1.54) is 18.7 Å². The molecule has 0 saturated heterocycles. The van der Waals surface area contributed by atoms with Gasteiger partial charge >= 0.3 is 5.97 Å². The summed E-state index contributed by atoms with van der Waals surface area (Å²) in [5.41, 5.74) is 1.65. The van der Waals surface area contributed by atoms with Gasteiger partial charge < -0.3 is 15.0 Å². The maximum atomic E-state index is 11.1. The summed E-state index contributed by atoms with van der Waals surface area (Å²) >= 11 is 1.26. The van der Waals surface area contributed by atoms with E-state index < -0.39 is 12.0 Å². The number of thioether (sulfide) groups is 1. The number of rotatable bonds is 5. The van der Waals surface area contributed by atoms with Crippen LogP contribution in [-0.4, -0.2) is 43.3 Å². The third kappa shape index (κ3) is 3.08. The number of carbonyl (C=O) groups excluding carboxylic acids is 1. The van der Waals surface area contributed by atoms with Crippen LogP contribution < -0.4 is 5.32 Å². The fraction of sp³-hybridized carbons (Fsp3) is 0.333. The van der Waals surface area contributed by atoms with E-state index in [2.05, 4.69) is 15.3 Å². The summed E-state index contributed by atoms with van der Waals surface area (Å²) in [6.45, 7) is 1.29. The van der Waals surface area contributed by atoms with Crippen molar-refractivity contribution in [2.24, 2.45) is 7.05 Å². The number of aliphatic carboxylic acids is 1. The van der Waals surface area contributed by atoms with Gasteiger partial charge in [0.25, 0.3) is 0 Å². The van der Waals surface area contributed by atoms with Crippen molar-refractivity contribution in [3.8, 4) is 0 Å². The van der Waals surface area contributed by atoms with Gasteiger partial charge in [0.2, 0.25) is 5.91 Å². The Morgan fingerprint density at radius 2 is 2.25 bits per heavy atom. The van der Waals surface area contributed by atoms with E-state index in [9.17, 15) is 9.59 Å². The molecule has 0 aliphatic carbocycles. The van der Waals surface area contributed by atoms with E-state index in [0.717, 1.165) is 11.0 Å². The molecule has 0 bridgehead atoms. The number of nitrogens with one attached hydrogen (secondary N) is 1. The van der Waals surface area contributed by atoms with Crippen LogP contribution in [0.15, 0.2) is 23.6 Å². The van der Waals surface area contributed by atoms with Crippen LogP contribution in [0, 0.1) is 0 Å². The summed E-state index contributed by atoms with van der Waals surface area (Å²) in [4.78, 5) is 30.5. The highest BCUT2D eigenvalue weighted by Gasteiger charge is 2.19. The Hall–Kier alpha value is -2.09. The molecule has 1 atom stereocenters. The number of aryl methyl sites for hydroxylation is 1. The maximum absolute atomic E-state index is 11.1. The number of amides is 1. The topological polar surface area (TPSA) is 97.1 Å². The molecule has 106 valence electrons. The van der Waals surface area contributed by atoms with Gasteiger partial charge in [-0.2, -0.15) is 0 Å². The van der Waals surface area contributed by atoms with Crippen LogP contribution >= 0.6 is 11.8 Å². The van der Waals surface area contributed by atoms with E-state index in [-0.39, 0.29) is 11.7 Å². The average molecular weight is 294 g/mol. The summed E-state index contributed by atoms with van der Waals surface area (Å²) in [6, 6.07) is 0.896. The fourth-order valence-electron chi connectivity index (χ4n) is 1.73. The number of pyridine rings is 1. The number of aromatic nitrogens is 3. The van der Waals surface area contributed by atoms with E-state index in [0.29, 0.717) is 5.03 Å². The molecule has 2 aromatic rings. The molecule has 0 aromatic carbocycles. The molecule has 1 unspecified atom stereocenters. The van der Waals surface area contributed by atoms with E-state index in [1.807, 2.05) is 17.7 Å². The normalized spacial score (nSPS) is 12.3. The summed E-state index contributed by atoms with van der Waals surface area (Å²) in [5, 5.41) is 12.1. The monoisotopic (exact) mass is 294 g/mol. The van der Waals surface area contributed by atoms with Crippen LogP contribution in [0.4, 0.5) is 0 Å². The van der Waals surface area contributed by atoms with Gasteiger partial charge in [-0.15, -0.1) is 11.8 Å². The van der Waals surface area contributed by atoms with Gasteiger partial charge in [0.15, 0.2) is 0 Å².